The molecule has 1 heterocycles. The molecule has 2 rings (SSSR count). The van der Waals surface area contributed by atoms with Gasteiger partial charge in [-0.3, -0.25) is 9.35 Å². The highest BCUT2D eigenvalue weighted by Gasteiger charge is 2.58. The molecule has 4 unspecified atom stereocenters. The quantitative estimate of drug-likeness (QED) is 0.535. The summed E-state index contributed by atoms with van der Waals surface area (Å²) in [5, 5.41) is 4.96. The van der Waals surface area contributed by atoms with Gasteiger partial charge in [0.2, 0.25) is 0 Å². The van der Waals surface area contributed by atoms with E-state index in [0.29, 0.717) is 0 Å². The molecule has 4 atom stereocenters. The molecule has 0 aromatic rings. The Balaban J connectivity index is 2.21. The van der Waals surface area contributed by atoms with Gasteiger partial charge in [-0.2, -0.15) is 17.2 Å². The highest BCUT2D eigenvalue weighted by Crippen LogP contribution is 2.45. The second-order valence-corrected chi connectivity index (χ2v) is 7.71. The number of aliphatic hydroxyl groups is 1. The highest BCUT2D eigenvalue weighted by atomic mass is 32.2. The third-order valence-corrected chi connectivity index (χ3v) is 4.99. The van der Waals surface area contributed by atoms with Crippen molar-refractivity contribution in [3.05, 3.63) is 0 Å². The zero-order valence-corrected chi connectivity index (χ0v) is 13.0. The van der Waals surface area contributed by atoms with Gasteiger partial charge >= 0.3 is 27.3 Å². The third-order valence-electron chi connectivity index (χ3n) is 4.17. The predicted molar refractivity (Wildman–Crippen MR) is 68.8 cm³/mol. The van der Waals surface area contributed by atoms with Gasteiger partial charge < -0.3 is 14.6 Å². The maximum absolute atomic E-state index is 13.3. The summed E-state index contributed by atoms with van der Waals surface area (Å²) in [6.45, 7) is 2.82. The molecule has 0 aromatic heterocycles. The standard InChI is InChI=1S/C12H16F2O8S/c1-11(2,17)6-4-8(7-3-5(6)9(15)21-7)22-10(16)12(13,14)23(18,19)20/h5-8,17H,3-4H2,1-2H3,(H,18,19,20). The number of hydrogen-bond donors (Lipinski definition) is 2. The van der Waals surface area contributed by atoms with E-state index in [0.717, 1.165) is 0 Å². The summed E-state index contributed by atoms with van der Waals surface area (Å²) >= 11 is 0. The summed E-state index contributed by atoms with van der Waals surface area (Å²) in [7, 11) is -5.98. The lowest BCUT2D eigenvalue weighted by Crippen LogP contribution is -2.48. The van der Waals surface area contributed by atoms with Crippen molar-refractivity contribution in [1.29, 1.82) is 0 Å². The first-order valence-corrected chi connectivity index (χ1v) is 8.18. The van der Waals surface area contributed by atoms with Gasteiger partial charge in [-0.25, -0.2) is 4.79 Å². The third kappa shape index (κ3) is 3.17. The van der Waals surface area contributed by atoms with Gasteiger partial charge in [-0.15, -0.1) is 0 Å². The molecule has 23 heavy (non-hydrogen) atoms. The molecule has 2 fully saturated rings. The van der Waals surface area contributed by atoms with E-state index in [1.165, 1.54) is 13.8 Å². The molecule has 1 saturated carbocycles. The maximum Gasteiger partial charge on any atom is 0.465 e. The molecule has 0 radical (unpaired) electrons. The van der Waals surface area contributed by atoms with Crippen molar-refractivity contribution in [3.63, 3.8) is 0 Å². The Morgan fingerprint density at radius 3 is 2.39 bits per heavy atom. The van der Waals surface area contributed by atoms with Gasteiger partial charge in [-0.05, 0) is 20.3 Å². The van der Waals surface area contributed by atoms with Crippen molar-refractivity contribution >= 4 is 22.1 Å². The van der Waals surface area contributed by atoms with Crippen LogP contribution in [0.4, 0.5) is 8.78 Å². The SMILES string of the molecule is CC(C)(O)C1CC(OC(=O)C(F)(F)S(=O)(=O)O)C2CC1C(=O)O2. The van der Waals surface area contributed by atoms with E-state index in [1.807, 2.05) is 0 Å². The van der Waals surface area contributed by atoms with Crippen LogP contribution in [0.2, 0.25) is 0 Å². The van der Waals surface area contributed by atoms with Gasteiger partial charge in [0.05, 0.1) is 11.5 Å². The van der Waals surface area contributed by atoms with Crippen LogP contribution in [0.5, 0.6) is 0 Å². The van der Waals surface area contributed by atoms with Gasteiger partial charge in [-0.1, -0.05) is 0 Å². The second kappa shape index (κ2) is 5.35. The smallest absolute Gasteiger partial charge is 0.458 e. The number of rotatable bonds is 4. The van der Waals surface area contributed by atoms with Crippen LogP contribution in [0.25, 0.3) is 0 Å². The summed E-state index contributed by atoms with van der Waals surface area (Å²) in [4.78, 5) is 23.1. The van der Waals surface area contributed by atoms with Crippen molar-refractivity contribution in [1.82, 2.24) is 0 Å². The van der Waals surface area contributed by atoms with Gasteiger partial charge in [0.15, 0.2) is 0 Å². The molecule has 0 amide bonds. The first-order chi connectivity index (χ1) is 10.2. The van der Waals surface area contributed by atoms with E-state index in [4.69, 9.17) is 9.29 Å². The molecule has 2 bridgehead atoms. The lowest BCUT2D eigenvalue weighted by Gasteiger charge is -2.38. The van der Waals surface area contributed by atoms with Crippen LogP contribution in [0, 0.1) is 11.8 Å². The predicted octanol–water partition coefficient (Wildman–Crippen LogP) is 0.101. The summed E-state index contributed by atoms with van der Waals surface area (Å²) in [6, 6.07) is 0. The average molecular weight is 358 g/mol. The van der Waals surface area contributed by atoms with Crippen molar-refractivity contribution in [2.24, 2.45) is 11.8 Å². The van der Waals surface area contributed by atoms with Crippen LogP contribution in [0.3, 0.4) is 0 Å². The monoisotopic (exact) mass is 358 g/mol. The zero-order valence-electron chi connectivity index (χ0n) is 12.2. The van der Waals surface area contributed by atoms with Gasteiger partial charge in [0.1, 0.15) is 12.2 Å². The van der Waals surface area contributed by atoms with Crippen LogP contribution in [0.1, 0.15) is 26.7 Å². The Kier molecular flexibility index (Phi) is 4.19. The van der Waals surface area contributed by atoms with Crippen LogP contribution < -0.4 is 0 Å². The van der Waals surface area contributed by atoms with Crippen molar-refractivity contribution in [2.45, 2.75) is 49.8 Å². The molecule has 1 saturated heterocycles. The number of alkyl halides is 2. The number of carbonyl (C=O) groups is 2. The van der Waals surface area contributed by atoms with E-state index in [1.54, 1.807) is 0 Å². The Hall–Kier alpha value is -1.33. The van der Waals surface area contributed by atoms with E-state index >= 15 is 0 Å². The first-order valence-electron chi connectivity index (χ1n) is 6.74. The fraction of sp³-hybridized carbons (Fsp3) is 0.833. The minimum atomic E-state index is -5.98. The Morgan fingerprint density at radius 2 is 1.91 bits per heavy atom. The molecule has 2 N–H and O–H groups in total. The zero-order chi connectivity index (χ0) is 17.8. The normalized spacial score (nSPS) is 31.7. The average Bonchev–Trinajstić information content (AvgIpc) is 2.67. The summed E-state index contributed by atoms with van der Waals surface area (Å²) < 4.78 is 65.4. The number of ether oxygens (including phenoxy) is 2. The molecule has 1 aliphatic heterocycles. The number of halogens is 2. The first kappa shape index (κ1) is 18.0. The van der Waals surface area contributed by atoms with Crippen LogP contribution in [-0.2, 0) is 29.2 Å². The van der Waals surface area contributed by atoms with Crippen molar-refractivity contribution in [3.8, 4) is 0 Å². The minimum absolute atomic E-state index is 0.0584. The molecule has 2 aliphatic rings. The van der Waals surface area contributed by atoms with Crippen molar-refractivity contribution in [2.75, 3.05) is 0 Å². The fourth-order valence-corrected chi connectivity index (χ4v) is 3.23. The van der Waals surface area contributed by atoms with Crippen LogP contribution in [0.15, 0.2) is 0 Å². The lowest BCUT2D eigenvalue weighted by molar-refractivity contribution is -0.178. The molecule has 11 heteroatoms. The molecule has 132 valence electrons. The number of esters is 2. The highest BCUT2D eigenvalue weighted by molar-refractivity contribution is 7.87. The summed E-state index contributed by atoms with van der Waals surface area (Å²) in [5.41, 5.74) is -1.37. The van der Waals surface area contributed by atoms with Gasteiger partial charge in [0.25, 0.3) is 0 Å². The second-order valence-electron chi connectivity index (χ2n) is 6.25. The molecular formula is C12H16F2O8S. The maximum atomic E-state index is 13.3. The van der Waals surface area contributed by atoms with E-state index in [2.05, 4.69) is 4.74 Å². The minimum Gasteiger partial charge on any atom is -0.458 e. The lowest BCUT2D eigenvalue weighted by atomic mass is 9.71. The molecule has 0 aromatic carbocycles. The van der Waals surface area contributed by atoms with E-state index in [9.17, 15) is 31.9 Å². The number of carbonyl (C=O) groups excluding carboxylic acids is 2. The molecule has 1 aliphatic carbocycles. The summed E-state index contributed by atoms with van der Waals surface area (Å²) in [5.74, 6) is -4.47. The largest absolute Gasteiger partial charge is 0.465 e. The van der Waals surface area contributed by atoms with Crippen LogP contribution >= 0.6 is 0 Å². The Morgan fingerprint density at radius 1 is 1.35 bits per heavy atom. The topological polar surface area (TPSA) is 127 Å². The summed E-state index contributed by atoms with van der Waals surface area (Å²) in [6.07, 6.45) is -2.43. The van der Waals surface area contributed by atoms with E-state index in [-0.39, 0.29) is 12.8 Å². The molecule has 8 nitrogen and oxygen atoms in total. The van der Waals surface area contributed by atoms with Gasteiger partial charge in [0, 0.05) is 12.3 Å². The molecular weight excluding hydrogens is 342 g/mol. The number of fused-ring (bicyclic) bond motifs is 2. The number of hydrogen-bond acceptors (Lipinski definition) is 7. The van der Waals surface area contributed by atoms with E-state index < -0.39 is 57.0 Å². The Bertz CT molecular complexity index is 623. The fourth-order valence-electron chi connectivity index (χ4n) is 2.97. The van der Waals surface area contributed by atoms with Crippen LogP contribution in [-0.4, -0.2) is 53.1 Å². The molecule has 0 spiro atoms. The Labute approximate surface area is 130 Å². The van der Waals surface area contributed by atoms with Crippen molar-refractivity contribution < 1.29 is 45.9 Å².